The average Bonchev–Trinajstić information content (AvgIpc) is 3.00. The summed E-state index contributed by atoms with van der Waals surface area (Å²) >= 11 is 0. The first-order valence-corrected chi connectivity index (χ1v) is 8.35. The molecule has 0 bridgehead atoms. The topological polar surface area (TPSA) is 35.1 Å². The molecule has 0 spiro atoms. The van der Waals surface area contributed by atoms with Crippen molar-refractivity contribution >= 4 is 11.0 Å². The molecule has 0 saturated heterocycles. The summed E-state index contributed by atoms with van der Waals surface area (Å²) < 4.78 is 7.65. The highest BCUT2D eigenvalue weighted by Crippen LogP contribution is 2.27. The number of nitrogens with zero attached hydrogens (tertiary/aromatic N) is 1. The van der Waals surface area contributed by atoms with Crippen molar-refractivity contribution in [2.24, 2.45) is 0 Å². The van der Waals surface area contributed by atoms with Gasteiger partial charge in [0.1, 0.15) is 11.3 Å². The summed E-state index contributed by atoms with van der Waals surface area (Å²) in [4.78, 5) is 12.3. The quantitative estimate of drug-likeness (QED) is 0.534. The fraction of sp³-hybridized carbons (Fsp3) is 0.136. The summed E-state index contributed by atoms with van der Waals surface area (Å²) in [6.45, 7) is 4.70. The van der Waals surface area contributed by atoms with Crippen molar-refractivity contribution in [3.05, 3.63) is 93.9 Å². The summed E-state index contributed by atoms with van der Waals surface area (Å²) in [6.07, 6.45) is 1.87. The Morgan fingerprint density at radius 1 is 0.920 bits per heavy atom. The van der Waals surface area contributed by atoms with Gasteiger partial charge < -0.3 is 8.98 Å². The van der Waals surface area contributed by atoms with Gasteiger partial charge in [-0.3, -0.25) is 4.79 Å². The van der Waals surface area contributed by atoms with Gasteiger partial charge in [-0.25, -0.2) is 0 Å². The fourth-order valence-corrected chi connectivity index (χ4v) is 3.28. The van der Waals surface area contributed by atoms with E-state index in [1.165, 1.54) is 11.1 Å². The third-order valence-corrected chi connectivity index (χ3v) is 4.33. The summed E-state index contributed by atoms with van der Waals surface area (Å²) in [5.74, 6) is 0.773. The van der Waals surface area contributed by atoms with E-state index in [4.69, 9.17) is 4.42 Å². The van der Waals surface area contributed by atoms with Gasteiger partial charge in [0.05, 0.1) is 6.54 Å². The molecule has 25 heavy (non-hydrogen) atoms. The Hall–Kier alpha value is -3.07. The second-order valence-electron chi connectivity index (χ2n) is 6.53. The van der Waals surface area contributed by atoms with Crippen LogP contribution in [0.15, 0.2) is 76.1 Å². The molecule has 0 unspecified atom stereocenters. The van der Waals surface area contributed by atoms with Crippen LogP contribution in [0.2, 0.25) is 0 Å². The van der Waals surface area contributed by atoms with E-state index in [0.717, 1.165) is 27.9 Å². The van der Waals surface area contributed by atoms with Gasteiger partial charge in [0.15, 0.2) is 0 Å². The van der Waals surface area contributed by atoms with E-state index in [1.807, 2.05) is 42.6 Å². The van der Waals surface area contributed by atoms with Crippen molar-refractivity contribution in [3.8, 4) is 11.3 Å². The van der Waals surface area contributed by atoms with Crippen LogP contribution in [0.1, 0.15) is 16.7 Å². The Morgan fingerprint density at radius 2 is 1.68 bits per heavy atom. The smallest absolute Gasteiger partial charge is 0.250 e. The standard InChI is InChI=1S/C22H19NO2/c1-15-9-16(2)11-17(10-15)13-23-14-19(7-8-22(23)24)21-12-18-5-3-4-6-20(18)25-21/h3-12,14H,13H2,1-2H3. The minimum absolute atomic E-state index is 0.0148. The summed E-state index contributed by atoms with van der Waals surface area (Å²) in [7, 11) is 0. The maximum absolute atomic E-state index is 12.3. The van der Waals surface area contributed by atoms with Crippen molar-refractivity contribution < 1.29 is 4.42 Å². The van der Waals surface area contributed by atoms with Crippen molar-refractivity contribution in [1.29, 1.82) is 0 Å². The van der Waals surface area contributed by atoms with E-state index in [9.17, 15) is 4.79 Å². The normalized spacial score (nSPS) is 11.1. The first kappa shape index (κ1) is 15.5. The van der Waals surface area contributed by atoms with Gasteiger partial charge in [0, 0.05) is 23.2 Å². The van der Waals surface area contributed by atoms with Crippen LogP contribution < -0.4 is 5.56 Å². The van der Waals surface area contributed by atoms with Gasteiger partial charge in [-0.15, -0.1) is 0 Å². The molecule has 3 heteroatoms. The number of fused-ring (bicyclic) bond motifs is 1. The van der Waals surface area contributed by atoms with Crippen LogP contribution >= 0.6 is 0 Å². The van der Waals surface area contributed by atoms with Crippen molar-refractivity contribution in [1.82, 2.24) is 4.57 Å². The van der Waals surface area contributed by atoms with Crippen LogP contribution in [0.5, 0.6) is 0 Å². The molecule has 0 amide bonds. The summed E-state index contributed by atoms with van der Waals surface area (Å²) in [5, 5.41) is 1.06. The van der Waals surface area contributed by atoms with Crippen LogP contribution in [0, 0.1) is 13.8 Å². The minimum Gasteiger partial charge on any atom is -0.456 e. The molecule has 0 saturated carbocycles. The lowest BCUT2D eigenvalue weighted by molar-refractivity contribution is 0.629. The van der Waals surface area contributed by atoms with E-state index < -0.39 is 0 Å². The Labute approximate surface area is 146 Å². The highest BCUT2D eigenvalue weighted by atomic mass is 16.3. The van der Waals surface area contributed by atoms with Gasteiger partial charge in [-0.05, 0) is 37.6 Å². The van der Waals surface area contributed by atoms with Crippen LogP contribution in [0.3, 0.4) is 0 Å². The first-order chi connectivity index (χ1) is 12.1. The third kappa shape index (κ3) is 3.13. The third-order valence-electron chi connectivity index (χ3n) is 4.33. The molecule has 0 aliphatic carbocycles. The SMILES string of the molecule is Cc1cc(C)cc(Cn2cc(-c3cc4ccccc4o3)ccc2=O)c1. The highest BCUT2D eigenvalue weighted by molar-refractivity contribution is 5.82. The van der Waals surface area contributed by atoms with Crippen molar-refractivity contribution in [2.75, 3.05) is 0 Å². The molecule has 0 fully saturated rings. The maximum atomic E-state index is 12.3. The van der Waals surface area contributed by atoms with Gasteiger partial charge >= 0.3 is 0 Å². The van der Waals surface area contributed by atoms with E-state index in [-0.39, 0.29) is 5.56 Å². The summed E-state index contributed by atoms with van der Waals surface area (Å²) in [6, 6.07) is 19.7. The monoisotopic (exact) mass is 329 g/mol. The number of hydrogen-bond donors (Lipinski definition) is 0. The predicted molar refractivity (Wildman–Crippen MR) is 101 cm³/mol. The number of rotatable bonds is 3. The van der Waals surface area contributed by atoms with Crippen LogP contribution in [-0.2, 0) is 6.54 Å². The Morgan fingerprint density at radius 3 is 2.44 bits per heavy atom. The number of hydrogen-bond acceptors (Lipinski definition) is 2. The Kier molecular flexibility index (Phi) is 3.77. The number of aryl methyl sites for hydroxylation is 2. The molecule has 0 radical (unpaired) electrons. The fourth-order valence-electron chi connectivity index (χ4n) is 3.28. The number of pyridine rings is 1. The Balaban J connectivity index is 1.74. The molecule has 2 aromatic carbocycles. The van der Waals surface area contributed by atoms with Crippen molar-refractivity contribution in [3.63, 3.8) is 0 Å². The molecule has 0 N–H and O–H groups in total. The lowest BCUT2D eigenvalue weighted by Gasteiger charge is -2.09. The van der Waals surface area contributed by atoms with Gasteiger partial charge in [-0.1, -0.05) is 47.5 Å². The molecule has 2 heterocycles. The van der Waals surface area contributed by atoms with Gasteiger partial charge in [0.2, 0.25) is 0 Å². The van der Waals surface area contributed by atoms with Gasteiger partial charge in [0.25, 0.3) is 5.56 Å². The van der Waals surface area contributed by atoms with Gasteiger partial charge in [-0.2, -0.15) is 0 Å². The minimum atomic E-state index is -0.0148. The molecule has 0 atom stereocenters. The number of para-hydroxylation sites is 1. The van der Waals surface area contributed by atoms with Crippen molar-refractivity contribution in [2.45, 2.75) is 20.4 Å². The highest BCUT2D eigenvalue weighted by Gasteiger charge is 2.08. The van der Waals surface area contributed by atoms with Crippen LogP contribution in [0.25, 0.3) is 22.3 Å². The average molecular weight is 329 g/mol. The van der Waals surface area contributed by atoms with E-state index in [2.05, 4.69) is 32.0 Å². The van der Waals surface area contributed by atoms with E-state index in [1.54, 1.807) is 10.6 Å². The van der Waals surface area contributed by atoms with E-state index in [0.29, 0.717) is 6.54 Å². The second-order valence-corrected chi connectivity index (χ2v) is 6.53. The molecular formula is C22H19NO2. The molecule has 124 valence electrons. The number of aromatic nitrogens is 1. The molecule has 0 aliphatic rings. The molecule has 4 aromatic rings. The van der Waals surface area contributed by atoms with E-state index >= 15 is 0 Å². The first-order valence-electron chi connectivity index (χ1n) is 8.35. The number of furan rings is 1. The lowest BCUT2D eigenvalue weighted by atomic mass is 10.1. The molecule has 3 nitrogen and oxygen atoms in total. The molecule has 0 aliphatic heterocycles. The van der Waals surface area contributed by atoms with Crippen LogP contribution in [0.4, 0.5) is 0 Å². The summed E-state index contributed by atoms with van der Waals surface area (Å²) in [5.41, 5.74) is 5.28. The lowest BCUT2D eigenvalue weighted by Crippen LogP contribution is -2.19. The largest absolute Gasteiger partial charge is 0.456 e. The maximum Gasteiger partial charge on any atom is 0.250 e. The zero-order chi connectivity index (χ0) is 17.4. The zero-order valence-electron chi connectivity index (χ0n) is 14.3. The zero-order valence-corrected chi connectivity index (χ0v) is 14.3. The number of benzene rings is 2. The Bertz CT molecular complexity index is 1070. The molecule has 2 aromatic heterocycles. The van der Waals surface area contributed by atoms with Crippen LogP contribution in [-0.4, -0.2) is 4.57 Å². The molecule has 4 rings (SSSR count). The second kappa shape index (κ2) is 6.10. The molecular weight excluding hydrogens is 310 g/mol. The predicted octanol–water partition coefficient (Wildman–Crippen LogP) is 4.93.